The minimum Gasteiger partial charge on any atom is -0.106 e. The SMILES string of the molecule is C=C.c1ccc(Cc2ccccc2)cc1. The van der Waals surface area contributed by atoms with Crippen LogP contribution in [0.3, 0.4) is 0 Å². The van der Waals surface area contributed by atoms with E-state index in [2.05, 4.69) is 73.8 Å². The van der Waals surface area contributed by atoms with Gasteiger partial charge in [-0.3, -0.25) is 0 Å². The summed E-state index contributed by atoms with van der Waals surface area (Å²) in [5, 5.41) is 0. The third-order valence-electron chi connectivity index (χ3n) is 2.09. The highest BCUT2D eigenvalue weighted by atomic mass is 14.0. The molecule has 0 heterocycles. The van der Waals surface area contributed by atoms with Gasteiger partial charge in [-0.2, -0.15) is 0 Å². The van der Waals surface area contributed by atoms with Crippen LogP contribution >= 0.6 is 0 Å². The molecule has 2 aromatic carbocycles. The van der Waals surface area contributed by atoms with Crippen molar-refractivity contribution in [2.24, 2.45) is 0 Å². The monoisotopic (exact) mass is 196 g/mol. The topological polar surface area (TPSA) is 0 Å². The van der Waals surface area contributed by atoms with Crippen LogP contribution in [0.15, 0.2) is 73.8 Å². The molecule has 0 saturated carbocycles. The summed E-state index contributed by atoms with van der Waals surface area (Å²) in [6.07, 6.45) is 1.03. The van der Waals surface area contributed by atoms with Gasteiger partial charge >= 0.3 is 0 Å². The first-order valence-corrected chi connectivity index (χ1v) is 5.03. The molecular formula is C15H16. The first-order chi connectivity index (χ1) is 7.45. The van der Waals surface area contributed by atoms with Gasteiger partial charge in [0, 0.05) is 0 Å². The predicted molar refractivity (Wildman–Crippen MR) is 66.9 cm³/mol. The zero-order valence-electron chi connectivity index (χ0n) is 8.89. The van der Waals surface area contributed by atoms with Gasteiger partial charge < -0.3 is 0 Å². The Labute approximate surface area is 91.9 Å². The average Bonchev–Trinajstić information content (AvgIpc) is 2.34. The van der Waals surface area contributed by atoms with E-state index in [9.17, 15) is 0 Å². The van der Waals surface area contributed by atoms with Gasteiger partial charge in [0.05, 0.1) is 0 Å². The molecule has 0 aliphatic heterocycles. The van der Waals surface area contributed by atoms with E-state index < -0.39 is 0 Å². The van der Waals surface area contributed by atoms with E-state index in [1.54, 1.807) is 0 Å². The normalized spacial score (nSPS) is 8.80. The van der Waals surface area contributed by atoms with Gasteiger partial charge in [-0.15, -0.1) is 13.2 Å². The van der Waals surface area contributed by atoms with E-state index in [0.29, 0.717) is 0 Å². The average molecular weight is 196 g/mol. The lowest BCUT2D eigenvalue weighted by Crippen LogP contribution is -1.85. The molecule has 0 N–H and O–H groups in total. The van der Waals surface area contributed by atoms with Crippen molar-refractivity contribution < 1.29 is 0 Å². The van der Waals surface area contributed by atoms with Gasteiger partial charge in [0.15, 0.2) is 0 Å². The molecule has 0 aliphatic rings. The second-order valence-corrected chi connectivity index (χ2v) is 3.15. The van der Waals surface area contributed by atoms with Gasteiger partial charge in [0.1, 0.15) is 0 Å². The summed E-state index contributed by atoms with van der Waals surface area (Å²) in [5.74, 6) is 0. The van der Waals surface area contributed by atoms with Crippen LogP contribution in [0.4, 0.5) is 0 Å². The molecule has 0 bridgehead atoms. The van der Waals surface area contributed by atoms with Crippen molar-refractivity contribution in [2.75, 3.05) is 0 Å². The largest absolute Gasteiger partial charge is 0.106 e. The number of rotatable bonds is 2. The van der Waals surface area contributed by atoms with Crippen LogP contribution in [0.25, 0.3) is 0 Å². The molecular weight excluding hydrogens is 180 g/mol. The summed E-state index contributed by atoms with van der Waals surface area (Å²) < 4.78 is 0. The second-order valence-electron chi connectivity index (χ2n) is 3.15. The summed E-state index contributed by atoms with van der Waals surface area (Å²) in [6.45, 7) is 6.00. The van der Waals surface area contributed by atoms with Gasteiger partial charge in [0.2, 0.25) is 0 Å². The molecule has 0 aliphatic carbocycles. The molecule has 2 rings (SSSR count). The lowest BCUT2D eigenvalue weighted by Gasteiger charge is -2.00. The maximum Gasteiger partial charge on any atom is -0.00258 e. The van der Waals surface area contributed by atoms with Crippen molar-refractivity contribution in [3.63, 3.8) is 0 Å². The van der Waals surface area contributed by atoms with Crippen molar-refractivity contribution in [3.8, 4) is 0 Å². The van der Waals surface area contributed by atoms with E-state index >= 15 is 0 Å². The highest BCUT2D eigenvalue weighted by Crippen LogP contribution is 2.07. The molecule has 0 heteroatoms. The Morgan fingerprint density at radius 3 is 1.27 bits per heavy atom. The zero-order valence-corrected chi connectivity index (χ0v) is 8.89. The number of benzene rings is 2. The van der Waals surface area contributed by atoms with E-state index in [1.165, 1.54) is 11.1 Å². The quantitative estimate of drug-likeness (QED) is 0.635. The first kappa shape index (κ1) is 11.3. The minimum absolute atomic E-state index is 1.03. The Hall–Kier alpha value is -1.82. The summed E-state index contributed by atoms with van der Waals surface area (Å²) in [6, 6.07) is 21.1. The molecule has 0 nitrogen and oxygen atoms in total. The lowest BCUT2D eigenvalue weighted by molar-refractivity contribution is 1.19. The van der Waals surface area contributed by atoms with E-state index in [4.69, 9.17) is 0 Å². The van der Waals surface area contributed by atoms with Crippen LogP contribution in [-0.4, -0.2) is 0 Å². The molecule has 0 radical (unpaired) electrons. The maximum absolute atomic E-state index is 3.00. The summed E-state index contributed by atoms with van der Waals surface area (Å²) in [7, 11) is 0. The Morgan fingerprint density at radius 1 is 0.600 bits per heavy atom. The van der Waals surface area contributed by atoms with Crippen LogP contribution in [0.1, 0.15) is 11.1 Å². The maximum atomic E-state index is 3.00. The van der Waals surface area contributed by atoms with Gasteiger partial charge in [0.25, 0.3) is 0 Å². The van der Waals surface area contributed by atoms with E-state index in [1.807, 2.05) is 0 Å². The molecule has 0 spiro atoms. The third kappa shape index (κ3) is 3.82. The second kappa shape index (κ2) is 6.61. The van der Waals surface area contributed by atoms with Gasteiger partial charge in [-0.1, -0.05) is 60.7 Å². The summed E-state index contributed by atoms with van der Waals surface area (Å²) in [5.41, 5.74) is 2.74. The lowest BCUT2D eigenvalue weighted by atomic mass is 10.1. The van der Waals surface area contributed by atoms with Gasteiger partial charge in [-0.25, -0.2) is 0 Å². The molecule has 76 valence electrons. The van der Waals surface area contributed by atoms with Crippen LogP contribution in [0, 0.1) is 0 Å². The molecule has 2 aromatic rings. The predicted octanol–water partition coefficient (Wildman–Crippen LogP) is 4.08. The standard InChI is InChI=1S/C13H12.C2H4/c1-3-7-12(8-4-1)11-13-9-5-2-6-10-13;1-2/h1-10H,11H2;1-2H2. The molecule has 0 unspecified atom stereocenters. The molecule has 0 amide bonds. The third-order valence-corrected chi connectivity index (χ3v) is 2.09. The smallest absolute Gasteiger partial charge is 0.00258 e. The Bertz CT molecular complexity index is 324. The molecule has 0 saturated heterocycles. The van der Waals surface area contributed by atoms with Crippen molar-refractivity contribution in [1.29, 1.82) is 0 Å². The highest BCUT2D eigenvalue weighted by molar-refractivity contribution is 5.25. The molecule has 0 aromatic heterocycles. The molecule has 15 heavy (non-hydrogen) atoms. The minimum atomic E-state index is 1.03. The summed E-state index contributed by atoms with van der Waals surface area (Å²) >= 11 is 0. The van der Waals surface area contributed by atoms with E-state index in [0.717, 1.165) is 6.42 Å². The van der Waals surface area contributed by atoms with E-state index in [-0.39, 0.29) is 0 Å². The van der Waals surface area contributed by atoms with Crippen LogP contribution in [-0.2, 0) is 6.42 Å². The van der Waals surface area contributed by atoms with Crippen molar-refractivity contribution in [2.45, 2.75) is 6.42 Å². The van der Waals surface area contributed by atoms with Crippen LogP contribution in [0.2, 0.25) is 0 Å². The number of hydrogen-bond donors (Lipinski definition) is 0. The fraction of sp³-hybridized carbons (Fsp3) is 0.0667. The van der Waals surface area contributed by atoms with Crippen molar-refractivity contribution in [1.82, 2.24) is 0 Å². The van der Waals surface area contributed by atoms with Crippen LogP contribution in [0.5, 0.6) is 0 Å². The number of hydrogen-bond acceptors (Lipinski definition) is 0. The Morgan fingerprint density at radius 2 is 0.933 bits per heavy atom. The Kier molecular flexibility index (Phi) is 4.96. The fourth-order valence-electron chi connectivity index (χ4n) is 1.43. The van der Waals surface area contributed by atoms with Gasteiger partial charge in [-0.05, 0) is 17.5 Å². The van der Waals surface area contributed by atoms with Crippen molar-refractivity contribution in [3.05, 3.63) is 84.9 Å². The zero-order chi connectivity index (χ0) is 10.9. The van der Waals surface area contributed by atoms with Crippen molar-refractivity contribution >= 4 is 0 Å². The fourth-order valence-corrected chi connectivity index (χ4v) is 1.43. The highest BCUT2D eigenvalue weighted by Gasteiger charge is 1.92. The molecule has 0 fully saturated rings. The first-order valence-electron chi connectivity index (χ1n) is 5.03. The molecule has 0 atom stereocenters. The summed E-state index contributed by atoms with van der Waals surface area (Å²) in [4.78, 5) is 0. The Balaban J connectivity index is 0.000000531. The van der Waals surface area contributed by atoms with Crippen LogP contribution < -0.4 is 0 Å².